The SMILES string of the molecule is CC1CCC(CN)(C2(O)CCCNC2)C1. The van der Waals surface area contributed by atoms with Crippen LogP contribution in [0.1, 0.15) is 39.0 Å². The molecule has 0 aromatic carbocycles. The van der Waals surface area contributed by atoms with Gasteiger partial charge in [0.05, 0.1) is 5.60 Å². The molecule has 3 heteroatoms. The molecule has 1 saturated heterocycles. The first-order valence-electron chi connectivity index (χ1n) is 6.25. The van der Waals surface area contributed by atoms with Crippen molar-refractivity contribution in [3.63, 3.8) is 0 Å². The second-order valence-corrected chi connectivity index (χ2v) is 5.64. The van der Waals surface area contributed by atoms with Crippen LogP contribution in [-0.4, -0.2) is 30.3 Å². The molecule has 3 nitrogen and oxygen atoms in total. The number of nitrogens with two attached hydrogens (primary N) is 1. The second kappa shape index (κ2) is 4.04. The van der Waals surface area contributed by atoms with Crippen LogP contribution in [0.4, 0.5) is 0 Å². The molecule has 0 bridgehead atoms. The van der Waals surface area contributed by atoms with Crippen LogP contribution in [0.15, 0.2) is 0 Å². The van der Waals surface area contributed by atoms with Crippen molar-refractivity contribution in [2.24, 2.45) is 17.1 Å². The van der Waals surface area contributed by atoms with E-state index in [0.29, 0.717) is 6.54 Å². The zero-order valence-corrected chi connectivity index (χ0v) is 9.76. The standard InChI is InChI=1S/C12H24N2O/c1-10-3-5-11(7-10,8-13)12(15)4-2-6-14-9-12/h10,14-15H,2-9,13H2,1H3. The predicted octanol–water partition coefficient (Wildman–Crippen LogP) is 0.866. The lowest BCUT2D eigenvalue weighted by Gasteiger charge is -2.47. The Hall–Kier alpha value is -0.120. The Morgan fingerprint density at radius 1 is 1.47 bits per heavy atom. The Labute approximate surface area is 92.4 Å². The highest BCUT2D eigenvalue weighted by Crippen LogP contribution is 2.50. The van der Waals surface area contributed by atoms with E-state index in [1.165, 1.54) is 6.42 Å². The number of piperidine rings is 1. The fourth-order valence-electron chi connectivity index (χ4n) is 3.53. The van der Waals surface area contributed by atoms with Crippen molar-refractivity contribution < 1.29 is 5.11 Å². The highest BCUT2D eigenvalue weighted by Gasteiger charge is 2.52. The Morgan fingerprint density at radius 2 is 2.27 bits per heavy atom. The van der Waals surface area contributed by atoms with Crippen molar-refractivity contribution in [2.75, 3.05) is 19.6 Å². The molecule has 88 valence electrons. The topological polar surface area (TPSA) is 58.3 Å². The van der Waals surface area contributed by atoms with E-state index < -0.39 is 5.60 Å². The van der Waals surface area contributed by atoms with E-state index in [-0.39, 0.29) is 5.41 Å². The first kappa shape index (κ1) is 11.4. The van der Waals surface area contributed by atoms with Gasteiger partial charge in [-0.15, -0.1) is 0 Å². The van der Waals surface area contributed by atoms with Crippen LogP contribution in [0.3, 0.4) is 0 Å². The van der Waals surface area contributed by atoms with E-state index in [1.54, 1.807) is 0 Å². The van der Waals surface area contributed by atoms with Crippen LogP contribution in [0.25, 0.3) is 0 Å². The molecule has 2 fully saturated rings. The maximum absolute atomic E-state index is 10.8. The molecule has 2 aliphatic rings. The van der Waals surface area contributed by atoms with Gasteiger partial charge in [-0.2, -0.15) is 0 Å². The number of aliphatic hydroxyl groups is 1. The lowest BCUT2D eigenvalue weighted by atomic mass is 9.66. The van der Waals surface area contributed by atoms with E-state index in [9.17, 15) is 5.11 Å². The molecule has 0 spiro atoms. The third-order valence-corrected chi connectivity index (χ3v) is 4.59. The summed E-state index contributed by atoms with van der Waals surface area (Å²) in [5.74, 6) is 0.722. The summed E-state index contributed by atoms with van der Waals surface area (Å²) in [6.07, 6.45) is 5.42. The summed E-state index contributed by atoms with van der Waals surface area (Å²) in [6.45, 7) is 4.68. The van der Waals surface area contributed by atoms with Gasteiger partial charge in [-0.05, 0) is 38.1 Å². The van der Waals surface area contributed by atoms with Crippen LogP contribution in [0, 0.1) is 11.3 Å². The largest absolute Gasteiger partial charge is 0.388 e. The zero-order valence-electron chi connectivity index (χ0n) is 9.76. The summed E-state index contributed by atoms with van der Waals surface area (Å²) in [5.41, 5.74) is 5.39. The number of β-amino-alcohol motifs (C(OH)–C–C–N with tert-alkyl or cyclic N) is 1. The van der Waals surface area contributed by atoms with Gasteiger partial charge in [0, 0.05) is 18.5 Å². The molecule has 0 radical (unpaired) electrons. The molecule has 0 aromatic rings. The molecular weight excluding hydrogens is 188 g/mol. The van der Waals surface area contributed by atoms with Gasteiger partial charge in [0.25, 0.3) is 0 Å². The first-order valence-corrected chi connectivity index (χ1v) is 6.25. The van der Waals surface area contributed by atoms with E-state index in [1.807, 2.05) is 0 Å². The third-order valence-electron chi connectivity index (χ3n) is 4.59. The smallest absolute Gasteiger partial charge is 0.0839 e. The van der Waals surface area contributed by atoms with E-state index in [4.69, 9.17) is 5.73 Å². The zero-order chi connectivity index (χ0) is 10.9. The number of rotatable bonds is 2. The van der Waals surface area contributed by atoms with Crippen molar-refractivity contribution in [3.05, 3.63) is 0 Å². The number of nitrogens with one attached hydrogen (secondary N) is 1. The minimum Gasteiger partial charge on any atom is -0.388 e. The number of hydrogen-bond donors (Lipinski definition) is 3. The maximum atomic E-state index is 10.8. The minimum absolute atomic E-state index is 0.0141. The van der Waals surface area contributed by atoms with Gasteiger partial charge in [0.1, 0.15) is 0 Å². The molecule has 0 amide bonds. The predicted molar refractivity (Wildman–Crippen MR) is 61.6 cm³/mol. The summed E-state index contributed by atoms with van der Waals surface area (Å²) in [4.78, 5) is 0. The van der Waals surface area contributed by atoms with Crippen LogP contribution < -0.4 is 11.1 Å². The fraction of sp³-hybridized carbons (Fsp3) is 1.00. The first-order chi connectivity index (χ1) is 7.12. The van der Waals surface area contributed by atoms with Gasteiger partial charge in [-0.1, -0.05) is 13.3 Å². The van der Waals surface area contributed by atoms with Crippen molar-refractivity contribution in [1.29, 1.82) is 0 Å². The lowest BCUT2D eigenvalue weighted by molar-refractivity contribution is -0.0940. The Balaban J connectivity index is 2.17. The monoisotopic (exact) mass is 212 g/mol. The summed E-state index contributed by atoms with van der Waals surface area (Å²) >= 11 is 0. The molecular formula is C12H24N2O. The average molecular weight is 212 g/mol. The molecule has 2 rings (SSSR count). The molecule has 0 aromatic heterocycles. The molecule has 1 aliphatic carbocycles. The normalized spacial score (nSPS) is 47.0. The van der Waals surface area contributed by atoms with Gasteiger partial charge in [0.2, 0.25) is 0 Å². The molecule has 4 N–H and O–H groups in total. The summed E-state index contributed by atoms with van der Waals surface area (Å²) < 4.78 is 0. The van der Waals surface area contributed by atoms with Crippen LogP contribution in [0.5, 0.6) is 0 Å². The quantitative estimate of drug-likeness (QED) is 0.636. The van der Waals surface area contributed by atoms with Gasteiger partial charge in [-0.25, -0.2) is 0 Å². The lowest BCUT2D eigenvalue weighted by Crippen LogP contribution is -2.59. The van der Waals surface area contributed by atoms with Crippen LogP contribution >= 0.6 is 0 Å². The molecule has 1 aliphatic heterocycles. The summed E-state index contributed by atoms with van der Waals surface area (Å²) in [5, 5.41) is 14.1. The summed E-state index contributed by atoms with van der Waals surface area (Å²) in [7, 11) is 0. The summed E-state index contributed by atoms with van der Waals surface area (Å²) in [6, 6.07) is 0. The highest BCUT2D eigenvalue weighted by atomic mass is 16.3. The van der Waals surface area contributed by atoms with Gasteiger partial charge in [0.15, 0.2) is 0 Å². The highest BCUT2D eigenvalue weighted by molar-refractivity contribution is 5.05. The van der Waals surface area contributed by atoms with E-state index >= 15 is 0 Å². The second-order valence-electron chi connectivity index (χ2n) is 5.64. The Bertz CT molecular complexity index is 226. The molecule has 3 unspecified atom stereocenters. The van der Waals surface area contributed by atoms with Crippen LogP contribution in [-0.2, 0) is 0 Å². The van der Waals surface area contributed by atoms with Crippen molar-refractivity contribution in [1.82, 2.24) is 5.32 Å². The fourth-order valence-corrected chi connectivity index (χ4v) is 3.53. The van der Waals surface area contributed by atoms with E-state index in [2.05, 4.69) is 12.2 Å². The van der Waals surface area contributed by atoms with Gasteiger partial charge < -0.3 is 16.2 Å². The Kier molecular flexibility index (Phi) is 3.06. The average Bonchev–Trinajstić information content (AvgIpc) is 2.63. The van der Waals surface area contributed by atoms with Gasteiger partial charge in [-0.3, -0.25) is 0 Å². The molecule has 15 heavy (non-hydrogen) atoms. The Morgan fingerprint density at radius 3 is 2.73 bits per heavy atom. The minimum atomic E-state index is -0.551. The molecule has 1 heterocycles. The van der Waals surface area contributed by atoms with Crippen LogP contribution in [0.2, 0.25) is 0 Å². The molecule has 3 atom stereocenters. The number of hydrogen-bond acceptors (Lipinski definition) is 3. The van der Waals surface area contributed by atoms with Crippen molar-refractivity contribution >= 4 is 0 Å². The van der Waals surface area contributed by atoms with Gasteiger partial charge >= 0.3 is 0 Å². The van der Waals surface area contributed by atoms with Crippen molar-refractivity contribution in [3.8, 4) is 0 Å². The third kappa shape index (κ3) is 1.81. The molecule has 1 saturated carbocycles. The van der Waals surface area contributed by atoms with E-state index in [0.717, 1.165) is 44.7 Å². The van der Waals surface area contributed by atoms with Crippen molar-refractivity contribution in [2.45, 2.75) is 44.6 Å². The maximum Gasteiger partial charge on any atom is 0.0839 e.